The Balaban J connectivity index is 1.64. The molecule has 4 aromatic rings. The second-order valence-electron chi connectivity index (χ2n) is 8.98. The van der Waals surface area contributed by atoms with Crippen LogP contribution in [0.2, 0.25) is 0 Å². The first kappa shape index (κ1) is 25.7. The first-order chi connectivity index (χ1) is 17.6. The highest BCUT2D eigenvalue weighted by Gasteiger charge is 2.25. The van der Waals surface area contributed by atoms with Crippen molar-refractivity contribution in [3.8, 4) is 11.8 Å². The molecule has 2 aromatic carbocycles. The SMILES string of the molecule is Cc1ccc(NC(=O)c2cccc(C(C)(F)F)c2)cc1C#Cc1nn(C[C@@H](C)CO)c2ncnc(N)c12. The van der Waals surface area contributed by atoms with Gasteiger partial charge in [0.15, 0.2) is 5.65 Å². The average Bonchev–Trinajstić information content (AvgIpc) is 3.22. The summed E-state index contributed by atoms with van der Waals surface area (Å²) in [5.74, 6) is 2.74. The number of amides is 1. The quantitative estimate of drug-likeness (QED) is 0.340. The number of alkyl halides is 2. The van der Waals surface area contributed by atoms with E-state index in [1.165, 1.54) is 30.6 Å². The first-order valence-electron chi connectivity index (χ1n) is 11.6. The van der Waals surface area contributed by atoms with E-state index in [0.29, 0.717) is 34.5 Å². The fourth-order valence-electron chi connectivity index (χ4n) is 3.70. The Morgan fingerprint density at radius 1 is 1.22 bits per heavy atom. The highest BCUT2D eigenvalue weighted by Crippen LogP contribution is 2.28. The number of halogens is 2. The second kappa shape index (κ2) is 10.3. The molecule has 0 saturated carbocycles. The minimum atomic E-state index is -3.05. The lowest BCUT2D eigenvalue weighted by atomic mass is 10.1. The van der Waals surface area contributed by atoms with Gasteiger partial charge in [-0.3, -0.25) is 4.79 Å². The Kier molecular flexibility index (Phi) is 7.18. The van der Waals surface area contributed by atoms with E-state index < -0.39 is 11.8 Å². The second-order valence-corrected chi connectivity index (χ2v) is 8.98. The molecule has 190 valence electrons. The van der Waals surface area contributed by atoms with Gasteiger partial charge in [-0.2, -0.15) is 5.10 Å². The lowest BCUT2D eigenvalue weighted by molar-refractivity contribution is 0.0174. The van der Waals surface area contributed by atoms with Crippen LogP contribution in [0.1, 0.15) is 46.6 Å². The maximum Gasteiger partial charge on any atom is 0.270 e. The van der Waals surface area contributed by atoms with Gasteiger partial charge in [-0.25, -0.2) is 23.4 Å². The van der Waals surface area contributed by atoms with E-state index in [2.05, 4.69) is 32.2 Å². The van der Waals surface area contributed by atoms with Crippen molar-refractivity contribution in [2.45, 2.75) is 33.2 Å². The molecule has 2 heterocycles. The fraction of sp³-hybridized carbons (Fsp3) is 0.259. The van der Waals surface area contributed by atoms with Crippen LogP contribution in [-0.4, -0.2) is 37.4 Å². The van der Waals surface area contributed by atoms with Gasteiger partial charge in [0.2, 0.25) is 0 Å². The van der Waals surface area contributed by atoms with E-state index in [4.69, 9.17) is 5.73 Å². The summed E-state index contributed by atoms with van der Waals surface area (Å²) in [6, 6.07) is 10.6. The van der Waals surface area contributed by atoms with Gasteiger partial charge in [0, 0.05) is 42.5 Å². The number of hydrogen-bond donors (Lipinski definition) is 3. The molecular formula is C27H26F2N6O2. The number of carbonyl (C=O) groups is 1. The molecule has 4 N–H and O–H groups in total. The zero-order chi connectivity index (χ0) is 26.7. The topological polar surface area (TPSA) is 119 Å². The molecule has 10 heteroatoms. The molecule has 4 rings (SSSR count). The lowest BCUT2D eigenvalue weighted by Gasteiger charge is -2.12. The number of aromatic nitrogens is 4. The van der Waals surface area contributed by atoms with Crippen molar-refractivity contribution < 1.29 is 18.7 Å². The van der Waals surface area contributed by atoms with Gasteiger partial charge in [0.1, 0.15) is 17.8 Å². The molecule has 0 bridgehead atoms. The Morgan fingerprint density at radius 2 is 2.00 bits per heavy atom. The predicted octanol–water partition coefficient (Wildman–Crippen LogP) is 4.11. The highest BCUT2D eigenvalue weighted by atomic mass is 19.3. The van der Waals surface area contributed by atoms with Crippen LogP contribution in [0.5, 0.6) is 0 Å². The first-order valence-corrected chi connectivity index (χ1v) is 11.6. The number of carbonyl (C=O) groups excluding carboxylic acids is 1. The summed E-state index contributed by atoms with van der Waals surface area (Å²) in [5.41, 5.74) is 8.84. The Labute approximate surface area is 212 Å². The lowest BCUT2D eigenvalue weighted by Crippen LogP contribution is -2.14. The molecule has 0 unspecified atom stereocenters. The minimum Gasteiger partial charge on any atom is -0.396 e. The van der Waals surface area contributed by atoms with Gasteiger partial charge in [0.05, 0.1) is 5.39 Å². The number of nitrogen functional groups attached to an aromatic ring is 1. The number of nitrogens with zero attached hydrogens (tertiary/aromatic N) is 4. The molecule has 2 aromatic heterocycles. The number of rotatable bonds is 6. The summed E-state index contributed by atoms with van der Waals surface area (Å²) in [5, 5.41) is 17.2. The number of nitrogens with one attached hydrogen (secondary N) is 1. The molecule has 0 fully saturated rings. The molecule has 0 aliphatic heterocycles. The number of anilines is 2. The number of benzene rings is 2. The number of aryl methyl sites for hydroxylation is 1. The maximum absolute atomic E-state index is 13.7. The van der Waals surface area contributed by atoms with Gasteiger partial charge in [0.25, 0.3) is 11.8 Å². The van der Waals surface area contributed by atoms with Crippen LogP contribution in [0.4, 0.5) is 20.3 Å². The number of aliphatic hydroxyl groups excluding tert-OH is 1. The molecule has 0 saturated heterocycles. The van der Waals surface area contributed by atoms with Crippen molar-refractivity contribution in [1.29, 1.82) is 0 Å². The van der Waals surface area contributed by atoms with Gasteiger partial charge in [-0.05, 0) is 48.6 Å². The zero-order valence-corrected chi connectivity index (χ0v) is 20.6. The van der Waals surface area contributed by atoms with Gasteiger partial charge >= 0.3 is 0 Å². The molecular weight excluding hydrogens is 478 g/mol. The molecule has 1 atom stereocenters. The molecule has 0 radical (unpaired) electrons. The van der Waals surface area contributed by atoms with Gasteiger partial charge < -0.3 is 16.2 Å². The van der Waals surface area contributed by atoms with E-state index in [-0.39, 0.29) is 29.5 Å². The summed E-state index contributed by atoms with van der Waals surface area (Å²) in [6.07, 6.45) is 1.35. The highest BCUT2D eigenvalue weighted by molar-refractivity contribution is 6.04. The Bertz CT molecular complexity index is 1530. The molecule has 0 aliphatic carbocycles. The summed E-state index contributed by atoms with van der Waals surface area (Å²) < 4.78 is 29.0. The Hall–Kier alpha value is -4.36. The van der Waals surface area contributed by atoms with E-state index >= 15 is 0 Å². The van der Waals surface area contributed by atoms with Crippen molar-refractivity contribution in [2.75, 3.05) is 17.7 Å². The van der Waals surface area contributed by atoms with Crippen LogP contribution < -0.4 is 11.1 Å². The van der Waals surface area contributed by atoms with Crippen molar-refractivity contribution >= 4 is 28.4 Å². The number of hydrogen-bond acceptors (Lipinski definition) is 6. The van der Waals surface area contributed by atoms with E-state index in [0.717, 1.165) is 12.5 Å². The third-order valence-electron chi connectivity index (χ3n) is 5.80. The monoisotopic (exact) mass is 504 g/mol. The summed E-state index contributed by atoms with van der Waals surface area (Å²) in [4.78, 5) is 21.1. The van der Waals surface area contributed by atoms with Crippen LogP contribution in [0.25, 0.3) is 11.0 Å². The predicted molar refractivity (Wildman–Crippen MR) is 137 cm³/mol. The van der Waals surface area contributed by atoms with Crippen LogP contribution in [-0.2, 0) is 12.5 Å². The average molecular weight is 505 g/mol. The number of nitrogens with two attached hydrogens (primary N) is 1. The molecule has 37 heavy (non-hydrogen) atoms. The molecule has 0 aliphatic rings. The standard InChI is InChI=1S/C27H26F2N6O2/c1-16(14-36)13-35-25-23(24(30)31-15-32-25)22(34-35)10-8-18-12-21(9-7-17(18)2)33-26(37)19-5-4-6-20(11-19)27(3,28)29/h4-7,9,11-12,15-16,36H,13-14H2,1-3H3,(H,33,37)(H2,30,31,32)/t16-/m1/s1. The van der Waals surface area contributed by atoms with Crippen molar-refractivity contribution in [3.05, 3.63) is 76.7 Å². The van der Waals surface area contributed by atoms with Crippen LogP contribution >= 0.6 is 0 Å². The summed E-state index contributed by atoms with van der Waals surface area (Å²) in [6.45, 7) is 4.97. The zero-order valence-electron chi connectivity index (χ0n) is 20.6. The van der Waals surface area contributed by atoms with E-state index in [1.54, 1.807) is 22.9 Å². The molecule has 1 amide bonds. The third kappa shape index (κ3) is 5.73. The smallest absolute Gasteiger partial charge is 0.270 e. The van der Waals surface area contributed by atoms with Crippen LogP contribution in [0.3, 0.4) is 0 Å². The fourth-order valence-corrected chi connectivity index (χ4v) is 3.70. The van der Waals surface area contributed by atoms with E-state index in [9.17, 15) is 18.7 Å². The normalized spacial score (nSPS) is 12.2. The van der Waals surface area contributed by atoms with Crippen molar-refractivity contribution in [1.82, 2.24) is 19.7 Å². The summed E-state index contributed by atoms with van der Waals surface area (Å²) >= 11 is 0. The Morgan fingerprint density at radius 3 is 2.73 bits per heavy atom. The van der Waals surface area contributed by atoms with Gasteiger partial charge in [-0.1, -0.05) is 31.0 Å². The molecule has 0 spiro atoms. The molecule has 8 nitrogen and oxygen atoms in total. The minimum absolute atomic E-state index is 0.00813. The number of fused-ring (bicyclic) bond motifs is 1. The van der Waals surface area contributed by atoms with E-state index in [1.807, 2.05) is 13.8 Å². The summed E-state index contributed by atoms with van der Waals surface area (Å²) in [7, 11) is 0. The van der Waals surface area contributed by atoms with Crippen molar-refractivity contribution in [2.24, 2.45) is 5.92 Å². The van der Waals surface area contributed by atoms with Gasteiger partial charge in [-0.15, -0.1) is 0 Å². The van der Waals surface area contributed by atoms with Crippen LogP contribution in [0, 0.1) is 24.7 Å². The maximum atomic E-state index is 13.7. The van der Waals surface area contributed by atoms with Crippen molar-refractivity contribution in [3.63, 3.8) is 0 Å². The largest absolute Gasteiger partial charge is 0.396 e. The number of aliphatic hydroxyl groups is 1. The van der Waals surface area contributed by atoms with Crippen LogP contribution in [0.15, 0.2) is 48.8 Å². The third-order valence-corrected chi connectivity index (χ3v) is 5.80.